The number of aromatic nitrogens is 3. The van der Waals surface area contributed by atoms with Gasteiger partial charge in [-0.15, -0.1) is 0 Å². The van der Waals surface area contributed by atoms with Crippen LogP contribution in [0.15, 0.2) is 30.9 Å². The fourth-order valence-electron chi connectivity index (χ4n) is 2.57. The fraction of sp³-hybridized carbons (Fsp3) is 0.556. The van der Waals surface area contributed by atoms with Gasteiger partial charge >= 0.3 is 0 Å². The molecule has 1 atom stereocenters. The van der Waals surface area contributed by atoms with E-state index >= 15 is 0 Å². The lowest BCUT2D eigenvalue weighted by atomic mass is 9.73. The van der Waals surface area contributed by atoms with Crippen LogP contribution in [0.25, 0.3) is 0 Å². The van der Waals surface area contributed by atoms with Crippen molar-refractivity contribution in [1.29, 1.82) is 0 Å². The Balaban J connectivity index is 1.84. The van der Waals surface area contributed by atoms with Gasteiger partial charge in [-0.1, -0.05) is 44.0 Å². The molecule has 0 spiro atoms. The van der Waals surface area contributed by atoms with E-state index < -0.39 is 5.60 Å². The van der Waals surface area contributed by atoms with E-state index in [-0.39, 0.29) is 5.41 Å². The maximum atomic E-state index is 11.1. The Morgan fingerprint density at radius 1 is 1.20 bits per heavy atom. The van der Waals surface area contributed by atoms with Gasteiger partial charge in [0.1, 0.15) is 18.4 Å². The zero-order valence-electron chi connectivity index (χ0n) is 14.9. The van der Waals surface area contributed by atoms with Gasteiger partial charge in [-0.05, 0) is 42.9 Å². The number of rotatable bonds is 8. The minimum absolute atomic E-state index is 0.278. The summed E-state index contributed by atoms with van der Waals surface area (Å²) in [6.07, 6.45) is 5.39. The van der Waals surface area contributed by atoms with E-state index in [1.165, 1.54) is 6.33 Å². The van der Waals surface area contributed by atoms with E-state index in [9.17, 15) is 5.11 Å². The highest BCUT2D eigenvalue weighted by atomic mass is 35.5. The van der Waals surface area contributed by atoms with Gasteiger partial charge in [0.05, 0.1) is 23.8 Å². The molecule has 0 bridgehead atoms. The van der Waals surface area contributed by atoms with Crippen LogP contribution in [0, 0.1) is 5.41 Å². The summed E-state index contributed by atoms with van der Waals surface area (Å²) < 4.78 is 7.37. The molecule has 1 unspecified atom stereocenters. The first-order valence-corrected chi connectivity index (χ1v) is 9.09. The van der Waals surface area contributed by atoms with Gasteiger partial charge in [0.25, 0.3) is 0 Å². The van der Waals surface area contributed by atoms with Crippen molar-refractivity contribution in [1.82, 2.24) is 14.8 Å². The quantitative estimate of drug-likeness (QED) is 0.673. The second kappa shape index (κ2) is 8.39. The predicted octanol–water partition coefficient (Wildman–Crippen LogP) is 4.61. The Kier molecular flexibility index (Phi) is 6.72. The van der Waals surface area contributed by atoms with Crippen LogP contribution in [-0.2, 0) is 6.54 Å². The van der Waals surface area contributed by atoms with E-state index in [0.29, 0.717) is 35.4 Å². The Hall–Kier alpha value is -1.30. The van der Waals surface area contributed by atoms with Crippen LogP contribution in [0.3, 0.4) is 0 Å². The number of nitrogens with zero attached hydrogens (tertiary/aromatic N) is 3. The molecule has 2 aromatic rings. The molecule has 1 heterocycles. The lowest BCUT2D eigenvalue weighted by molar-refractivity contribution is -0.0817. The summed E-state index contributed by atoms with van der Waals surface area (Å²) >= 11 is 12.0. The fourth-order valence-corrected chi connectivity index (χ4v) is 3.03. The number of benzene rings is 1. The molecule has 1 N–H and O–H groups in total. The second-order valence-electron chi connectivity index (χ2n) is 7.25. The number of hydrogen-bond donors (Lipinski definition) is 1. The maximum Gasteiger partial charge on any atom is 0.137 e. The topological polar surface area (TPSA) is 60.2 Å². The van der Waals surface area contributed by atoms with E-state index in [4.69, 9.17) is 27.9 Å². The Morgan fingerprint density at radius 3 is 2.56 bits per heavy atom. The summed E-state index contributed by atoms with van der Waals surface area (Å²) in [7, 11) is 0. The highest BCUT2D eigenvalue weighted by Gasteiger charge is 2.40. The van der Waals surface area contributed by atoms with E-state index in [1.807, 2.05) is 20.8 Å². The summed E-state index contributed by atoms with van der Waals surface area (Å²) in [4.78, 5) is 3.94. The maximum absolute atomic E-state index is 11.1. The highest BCUT2D eigenvalue weighted by Crippen LogP contribution is 2.36. The van der Waals surface area contributed by atoms with Crippen LogP contribution in [0.1, 0.15) is 40.0 Å². The Bertz CT molecular complexity index is 671. The first-order chi connectivity index (χ1) is 11.7. The molecule has 0 amide bonds. The van der Waals surface area contributed by atoms with Crippen molar-refractivity contribution >= 4 is 23.2 Å². The van der Waals surface area contributed by atoms with Gasteiger partial charge in [0.2, 0.25) is 0 Å². The van der Waals surface area contributed by atoms with Crippen LogP contribution in [0.5, 0.6) is 5.75 Å². The molecule has 5 nitrogen and oxygen atoms in total. The minimum atomic E-state index is -0.876. The molecule has 0 aliphatic carbocycles. The molecule has 0 aliphatic heterocycles. The Morgan fingerprint density at radius 2 is 1.96 bits per heavy atom. The van der Waals surface area contributed by atoms with Gasteiger partial charge in [-0.25, -0.2) is 4.98 Å². The van der Waals surface area contributed by atoms with Crippen molar-refractivity contribution < 1.29 is 9.84 Å². The molecule has 0 fully saturated rings. The molecule has 0 saturated carbocycles. The predicted molar refractivity (Wildman–Crippen MR) is 100 cm³/mol. The number of halogens is 2. The molecule has 2 rings (SSSR count). The summed E-state index contributed by atoms with van der Waals surface area (Å²) in [5, 5.41) is 16.3. The lowest BCUT2D eigenvalue weighted by Gasteiger charge is -2.40. The highest BCUT2D eigenvalue weighted by molar-refractivity contribution is 6.35. The molecule has 0 saturated heterocycles. The third kappa shape index (κ3) is 5.59. The van der Waals surface area contributed by atoms with E-state index in [2.05, 4.69) is 10.1 Å². The monoisotopic (exact) mass is 385 g/mol. The van der Waals surface area contributed by atoms with Crippen molar-refractivity contribution in [3.05, 3.63) is 40.9 Å². The summed E-state index contributed by atoms with van der Waals surface area (Å²) in [6, 6.07) is 5.18. The molecule has 1 aromatic heterocycles. The molecule has 25 heavy (non-hydrogen) atoms. The zero-order chi connectivity index (χ0) is 18.5. The lowest BCUT2D eigenvalue weighted by Crippen LogP contribution is -2.46. The van der Waals surface area contributed by atoms with Crippen molar-refractivity contribution in [3.8, 4) is 5.75 Å². The van der Waals surface area contributed by atoms with Crippen LogP contribution < -0.4 is 4.74 Å². The molecule has 0 radical (unpaired) electrons. The average Bonchev–Trinajstić information content (AvgIpc) is 3.00. The van der Waals surface area contributed by atoms with Crippen molar-refractivity contribution in [2.75, 3.05) is 6.61 Å². The number of aliphatic hydroxyl groups is 1. The Labute approximate surface area is 158 Å². The standard InChI is InChI=1S/C18H25Cl2N3O2/c1-17(2,3)18(24,11-23-13-21-12-22-23)8-4-5-9-25-16-7-6-14(19)10-15(16)20/h6-7,10,12-13,24H,4-5,8-9,11H2,1-3H3. The SMILES string of the molecule is CC(C)(C)C(O)(CCCCOc1ccc(Cl)cc1Cl)Cn1cncn1. The van der Waals surface area contributed by atoms with Gasteiger partial charge in [-0.3, -0.25) is 4.68 Å². The average molecular weight is 386 g/mol. The zero-order valence-corrected chi connectivity index (χ0v) is 16.4. The molecule has 7 heteroatoms. The largest absolute Gasteiger partial charge is 0.492 e. The number of unbranched alkanes of at least 4 members (excludes halogenated alkanes) is 1. The van der Waals surface area contributed by atoms with Gasteiger partial charge in [-0.2, -0.15) is 5.10 Å². The van der Waals surface area contributed by atoms with Crippen LogP contribution in [0.4, 0.5) is 0 Å². The molecule has 138 valence electrons. The normalized spacial score (nSPS) is 14.3. The second-order valence-corrected chi connectivity index (χ2v) is 8.10. The third-order valence-electron chi connectivity index (χ3n) is 4.42. The third-order valence-corrected chi connectivity index (χ3v) is 4.95. The van der Waals surface area contributed by atoms with Crippen LogP contribution in [0.2, 0.25) is 10.0 Å². The van der Waals surface area contributed by atoms with E-state index in [0.717, 1.165) is 12.8 Å². The molecule has 1 aromatic carbocycles. The first-order valence-electron chi connectivity index (χ1n) is 8.34. The minimum Gasteiger partial charge on any atom is -0.492 e. The molecular formula is C18H25Cl2N3O2. The first kappa shape index (κ1) is 20.0. The molecule has 0 aliphatic rings. The van der Waals surface area contributed by atoms with Crippen molar-refractivity contribution in [2.24, 2.45) is 5.41 Å². The van der Waals surface area contributed by atoms with Gasteiger partial charge in [0.15, 0.2) is 0 Å². The number of hydrogen-bond acceptors (Lipinski definition) is 4. The molecular weight excluding hydrogens is 361 g/mol. The summed E-state index contributed by atoms with van der Waals surface area (Å²) in [5.74, 6) is 0.625. The van der Waals surface area contributed by atoms with Gasteiger partial charge < -0.3 is 9.84 Å². The van der Waals surface area contributed by atoms with Crippen molar-refractivity contribution in [2.45, 2.75) is 52.2 Å². The van der Waals surface area contributed by atoms with Gasteiger partial charge in [0, 0.05) is 5.02 Å². The summed E-state index contributed by atoms with van der Waals surface area (Å²) in [5.41, 5.74) is -1.15. The summed E-state index contributed by atoms with van der Waals surface area (Å²) in [6.45, 7) is 7.06. The number of ether oxygens (including phenoxy) is 1. The van der Waals surface area contributed by atoms with Crippen molar-refractivity contribution in [3.63, 3.8) is 0 Å². The van der Waals surface area contributed by atoms with Crippen LogP contribution in [-0.4, -0.2) is 32.1 Å². The van der Waals surface area contributed by atoms with Crippen LogP contribution >= 0.6 is 23.2 Å². The van der Waals surface area contributed by atoms with E-state index in [1.54, 1.807) is 29.2 Å². The smallest absolute Gasteiger partial charge is 0.137 e.